The Bertz CT molecular complexity index is 1840. The van der Waals surface area contributed by atoms with Crippen molar-refractivity contribution in [3.63, 3.8) is 0 Å². The number of fused-ring (bicyclic) bond motifs is 3. The number of halogens is 1. The molecule has 4 aliphatic rings. The van der Waals surface area contributed by atoms with Gasteiger partial charge in [-0.05, 0) is 101 Å². The first-order chi connectivity index (χ1) is 24.1. The molecule has 2 fully saturated rings. The summed E-state index contributed by atoms with van der Waals surface area (Å²) >= 11 is 6.16. The maximum absolute atomic E-state index is 14.5. The number of carbonyl (C=O) groups is 4. The normalized spacial score (nSPS) is 26.2. The first-order valence-corrected chi connectivity index (χ1v) is 19.8. The van der Waals surface area contributed by atoms with Crippen LogP contribution in [0, 0.1) is 5.92 Å². The molecular weight excluding hydrogens is 694 g/mol. The summed E-state index contributed by atoms with van der Waals surface area (Å²) in [5.41, 5.74) is -0.590. The Labute approximate surface area is 304 Å². The van der Waals surface area contributed by atoms with Crippen molar-refractivity contribution in [3.8, 4) is 11.5 Å². The number of alkyl carbamates (subject to hydrolysis) is 1. The third kappa shape index (κ3) is 8.95. The van der Waals surface area contributed by atoms with Gasteiger partial charge in [0.25, 0.3) is 0 Å². The Hall–Kier alpha value is -3.90. The Morgan fingerprint density at radius 2 is 1.78 bits per heavy atom. The summed E-state index contributed by atoms with van der Waals surface area (Å²) in [6.45, 7) is 5.28. The van der Waals surface area contributed by atoms with Crippen molar-refractivity contribution in [2.75, 3.05) is 5.75 Å². The minimum absolute atomic E-state index is 0.0660. The molecule has 2 aliphatic heterocycles. The fourth-order valence-electron chi connectivity index (χ4n) is 6.92. The number of sulfone groups is 1. The van der Waals surface area contributed by atoms with Gasteiger partial charge in [-0.3, -0.25) is 14.4 Å². The van der Waals surface area contributed by atoms with Gasteiger partial charge in [0.05, 0.1) is 5.25 Å². The monoisotopic (exact) mass is 739 g/mol. The fourth-order valence-corrected chi connectivity index (χ4v) is 8.82. The van der Waals surface area contributed by atoms with Crippen LogP contribution in [0.15, 0.2) is 54.6 Å². The van der Waals surface area contributed by atoms with E-state index in [1.807, 2.05) is 24.3 Å². The fraction of sp³-hybridized carbons (Fsp3) is 0.526. The molecule has 4 atom stereocenters. The summed E-state index contributed by atoms with van der Waals surface area (Å²) in [6.07, 6.45) is 7.94. The molecule has 0 spiro atoms. The van der Waals surface area contributed by atoms with Gasteiger partial charge < -0.3 is 25.0 Å². The van der Waals surface area contributed by atoms with E-state index in [-0.39, 0.29) is 25.3 Å². The largest absolute Gasteiger partial charge is 0.457 e. The highest BCUT2D eigenvalue weighted by Gasteiger charge is 2.61. The van der Waals surface area contributed by atoms with Crippen LogP contribution in [0.4, 0.5) is 4.79 Å². The Kier molecular flexibility index (Phi) is 10.6. The van der Waals surface area contributed by atoms with Gasteiger partial charge in [-0.25, -0.2) is 13.2 Å². The Morgan fingerprint density at radius 3 is 2.51 bits per heavy atom. The molecule has 0 bridgehead atoms. The van der Waals surface area contributed by atoms with E-state index in [2.05, 4.69) is 10.6 Å². The predicted molar refractivity (Wildman–Crippen MR) is 192 cm³/mol. The van der Waals surface area contributed by atoms with Crippen LogP contribution in [0.25, 0.3) is 0 Å². The van der Waals surface area contributed by atoms with Gasteiger partial charge in [0.15, 0.2) is 15.6 Å². The lowest BCUT2D eigenvalue weighted by Gasteiger charge is -2.39. The number of Topliss-reactive ketones (excluding diaryl/α,β-unsaturated/α-hetero) is 1. The molecule has 0 radical (unpaired) electrons. The van der Waals surface area contributed by atoms with E-state index in [1.165, 1.54) is 4.90 Å². The standard InChI is InChI=1S/C38H46ClN3O8S/c1-37(2,3)50-36(46)40-31-13-8-6-4-5-7-10-26-21-38(26,33(43)23-51(47,48)30-16-17-30)41-34(44)32-19-25-18-29(49-28-12-9-11-27(39)20-28)15-14-24(25)22-42(32)35(31)45/h7,9-12,14-15,18,20,26,30-32H,4-6,8,13,16-17,19,21-23H2,1-3H3,(H,40,46)(H,41,44)/b10-7-/t26-,31+,32?,38-/m1/s1. The van der Waals surface area contributed by atoms with Gasteiger partial charge in [-0.1, -0.05) is 48.7 Å². The molecule has 2 aromatic carbocycles. The Morgan fingerprint density at radius 1 is 1.02 bits per heavy atom. The van der Waals surface area contributed by atoms with E-state index in [4.69, 9.17) is 21.1 Å². The maximum atomic E-state index is 14.5. The van der Waals surface area contributed by atoms with E-state index in [0.29, 0.717) is 42.2 Å². The Balaban J connectivity index is 1.33. The molecule has 2 aromatic rings. The van der Waals surface area contributed by atoms with Crippen molar-refractivity contribution in [2.45, 2.75) is 114 Å². The SMILES string of the molecule is CC(C)(C)OC(=O)N[C@H]1CCCCC/C=C\[C@@H]2C[C@@]2(C(=O)CS(=O)(=O)C2CC2)NC(=O)C2Cc3cc(Oc4cccc(Cl)c4)ccc3CN2C1=O. The summed E-state index contributed by atoms with van der Waals surface area (Å²) in [5, 5.41) is 5.73. The molecule has 2 N–H and O–H groups in total. The van der Waals surface area contributed by atoms with E-state index in [1.54, 1.807) is 51.1 Å². The predicted octanol–water partition coefficient (Wildman–Crippen LogP) is 5.82. The van der Waals surface area contributed by atoms with Crippen molar-refractivity contribution in [3.05, 3.63) is 70.8 Å². The van der Waals surface area contributed by atoms with Gasteiger partial charge in [0.2, 0.25) is 11.8 Å². The smallest absolute Gasteiger partial charge is 0.408 e. The molecule has 274 valence electrons. The molecule has 11 nitrogen and oxygen atoms in total. The second-order valence-electron chi connectivity index (χ2n) is 15.1. The quantitative estimate of drug-likeness (QED) is 0.338. The number of carbonyl (C=O) groups excluding carboxylic acids is 4. The molecule has 51 heavy (non-hydrogen) atoms. The molecular formula is C38H46ClN3O8S. The van der Waals surface area contributed by atoms with Crippen LogP contribution in [0.3, 0.4) is 0 Å². The molecule has 1 unspecified atom stereocenters. The van der Waals surface area contributed by atoms with Crippen LogP contribution < -0.4 is 15.4 Å². The van der Waals surface area contributed by atoms with Gasteiger partial charge in [0.1, 0.15) is 40.5 Å². The molecule has 13 heteroatoms. The van der Waals surface area contributed by atoms with Crippen molar-refractivity contribution in [1.82, 2.24) is 15.5 Å². The highest BCUT2D eigenvalue weighted by atomic mass is 35.5. The van der Waals surface area contributed by atoms with Crippen LogP contribution in [-0.2, 0) is 41.9 Å². The van der Waals surface area contributed by atoms with Crippen LogP contribution in [0.1, 0.15) is 83.3 Å². The van der Waals surface area contributed by atoms with Crippen LogP contribution in [-0.4, -0.2) is 71.2 Å². The number of ketones is 1. The zero-order chi connectivity index (χ0) is 36.6. The number of nitrogens with zero attached hydrogens (tertiary/aromatic N) is 1. The van der Waals surface area contributed by atoms with E-state index < -0.39 is 67.8 Å². The number of amides is 3. The number of ether oxygens (including phenoxy) is 2. The van der Waals surface area contributed by atoms with Crippen LogP contribution in [0.5, 0.6) is 11.5 Å². The number of benzene rings is 2. The van der Waals surface area contributed by atoms with Crippen molar-refractivity contribution in [1.29, 1.82) is 0 Å². The maximum Gasteiger partial charge on any atom is 0.408 e. The third-order valence-corrected chi connectivity index (χ3v) is 12.3. The highest BCUT2D eigenvalue weighted by Crippen LogP contribution is 2.47. The summed E-state index contributed by atoms with van der Waals surface area (Å²) in [7, 11) is -3.63. The summed E-state index contributed by atoms with van der Waals surface area (Å²) in [4.78, 5) is 57.1. The van der Waals surface area contributed by atoms with Crippen LogP contribution in [0.2, 0.25) is 5.02 Å². The molecule has 3 amide bonds. The van der Waals surface area contributed by atoms with Crippen molar-refractivity contribution in [2.24, 2.45) is 5.92 Å². The average Bonchev–Trinajstić information content (AvgIpc) is 3.98. The first kappa shape index (κ1) is 36.9. The molecule has 2 heterocycles. The number of rotatable bonds is 7. The third-order valence-electron chi connectivity index (χ3n) is 9.87. The zero-order valence-electron chi connectivity index (χ0n) is 29.3. The van der Waals surface area contributed by atoms with Crippen molar-refractivity contribution < 1.29 is 37.1 Å². The van der Waals surface area contributed by atoms with E-state index in [9.17, 15) is 27.6 Å². The zero-order valence-corrected chi connectivity index (χ0v) is 30.9. The molecule has 2 aliphatic carbocycles. The minimum Gasteiger partial charge on any atom is -0.457 e. The van der Waals surface area contributed by atoms with Gasteiger partial charge >= 0.3 is 6.09 Å². The summed E-state index contributed by atoms with van der Waals surface area (Å²) in [5.74, 6) is -1.47. The van der Waals surface area contributed by atoms with Crippen LogP contribution >= 0.6 is 11.6 Å². The number of allylic oxidation sites excluding steroid dienone is 1. The topological polar surface area (TPSA) is 148 Å². The van der Waals surface area contributed by atoms with Gasteiger partial charge in [-0.15, -0.1) is 0 Å². The second-order valence-corrected chi connectivity index (χ2v) is 17.9. The van der Waals surface area contributed by atoms with E-state index in [0.717, 1.165) is 30.4 Å². The van der Waals surface area contributed by atoms with E-state index >= 15 is 0 Å². The molecule has 2 saturated carbocycles. The summed E-state index contributed by atoms with van der Waals surface area (Å²) < 4.78 is 37.4. The molecule has 6 rings (SSSR count). The lowest BCUT2D eigenvalue weighted by atomic mass is 9.91. The first-order valence-electron chi connectivity index (χ1n) is 17.7. The molecule has 0 aromatic heterocycles. The summed E-state index contributed by atoms with van der Waals surface area (Å²) in [6, 6.07) is 10.4. The lowest BCUT2D eigenvalue weighted by Crippen LogP contribution is -2.60. The highest BCUT2D eigenvalue weighted by molar-refractivity contribution is 7.93. The average molecular weight is 740 g/mol. The number of hydrogen-bond acceptors (Lipinski definition) is 8. The number of hydrogen-bond donors (Lipinski definition) is 2. The number of nitrogens with one attached hydrogen (secondary N) is 2. The lowest BCUT2D eigenvalue weighted by molar-refractivity contribution is -0.144. The van der Waals surface area contributed by atoms with Gasteiger partial charge in [0, 0.05) is 23.9 Å². The molecule has 0 saturated heterocycles. The second kappa shape index (κ2) is 14.6. The van der Waals surface area contributed by atoms with Gasteiger partial charge in [-0.2, -0.15) is 0 Å². The minimum atomic E-state index is -3.63. The van der Waals surface area contributed by atoms with Crippen molar-refractivity contribution >= 4 is 45.1 Å².